The summed E-state index contributed by atoms with van der Waals surface area (Å²) < 4.78 is 16.8. The number of unbranched alkanes of at least 4 members (excludes halogenated alkanes) is 38. The minimum Gasteiger partial charge on any atom is -0.462 e. The second kappa shape index (κ2) is 50.4. The molecule has 62 heavy (non-hydrogen) atoms. The Morgan fingerprint density at radius 3 is 0.790 bits per heavy atom. The molecule has 0 amide bonds. The van der Waals surface area contributed by atoms with Crippen LogP contribution in [-0.4, -0.2) is 37.2 Å². The average Bonchev–Trinajstić information content (AvgIpc) is 3.26. The maximum Gasteiger partial charge on any atom is 0.306 e. The van der Waals surface area contributed by atoms with Crippen molar-refractivity contribution in [3.63, 3.8) is 0 Å². The number of carbonyl (C=O) groups is 3. The SMILES string of the molecule is CCCCCCCCCCCCCCCCCCCCCC(=O)OC[C@H](COC(=O)CCCCCCCCCCCC(C)C)OC(=O)CCCCCCCCCCCCCCC. The van der Waals surface area contributed by atoms with E-state index < -0.39 is 6.10 Å². The Morgan fingerprint density at radius 2 is 0.532 bits per heavy atom. The molecule has 0 rings (SSSR count). The van der Waals surface area contributed by atoms with E-state index in [1.165, 1.54) is 212 Å². The molecule has 1 atom stereocenters. The van der Waals surface area contributed by atoms with E-state index in [-0.39, 0.29) is 31.1 Å². The minimum absolute atomic E-state index is 0.0624. The van der Waals surface area contributed by atoms with Gasteiger partial charge in [-0.25, -0.2) is 0 Å². The topological polar surface area (TPSA) is 78.9 Å². The largest absolute Gasteiger partial charge is 0.462 e. The van der Waals surface area contributed by atoms with Gasteiger partial charge in [0.2, 0.25) is 0 Å². The van der Waals surface area contributed by atoms with Crippen molar-refractivity contribution in [2.24, 2.45) is 5.92 Å². The molecule has 0 aromatic heterocycles. The molecular weight excluding hydrogens is 769 g/mol. The molecule has 0 aromatic rings. The molecule has 368 valence electrons. The van der Waals surface area contributed by atoms with Gasteiger partial charge < -0.3 is 14.2 Å². The fourth-order valence-corrected chi connectivity index (χ4v) is 8.57. The smallest absolute Gasteiger partial charge is 0.306 e. The molecule has 0 aromatic carbocycles. The van der Waals surface area contributed by atoms with Crippen molar-refractivity contribution in [2.75, 3.05) is 13.2 Å². The van der Waals surface area contributed by atoms with Crippen molar-refractivity contribution in [1.29, 1.82) is 0 Å². The quantitative estimate of drug-likeness (QED) is 0.0344. The molecule has 0 fully saturated rings. The van der Waals surface area contributed by atoms with Crippen LogP contribution in [0.2, 0.25) is 0 Å². The van der Waals surface area contributed by atoms with Gasteiger partial charge in [-0.1, -0.05) is 278 Å². The first-order chi connectivity index (χ1) is 30.4. The Bertz CT molecular complexity index is 933. The number of rotatable bonds is 51. The summed E-state index contributed by atoms with van der Waals surface area (Å²) in [4.78, 5) is 38.0. The zero-order valence-corrected chi connectivity index (χ0v) is 42.3. The fraction of sp³-hybridized carbons (Fsp3) is 0.946. The highest BCUT2D eigenvalue weighted by molar-refractivity contribution is 5.71. The summed E-state index contributed by atoms with van der Waals surface area (Å²) >= 11 is 0. The summed E-state index contributed by atoms with van der Waals surface area (Å²) in [7, 11) is 0. The summed E-state index contributed by atoms with van der Waals surface area (Å²) in [5, 5.41) is 0. The van der Waals surface area contributed by atoms with Crippen LogP contribution in [0, 0.1) is 5.92 Å². The van der Waals surface area contributed by atoms with Gasteiger partial charge in [0, 0.05) is 19.3 Å². The number of hydrogen-bond acceptors (Lipinski definition) is 6. The molecule has 0 saturated heterocycles. The normalized spacial score (nSPS) is 12.0. The van der Waals surface area contributed by atoms with Crippen molar-refractivity contribution < 1.29 is 28.6 Å². The van der Waals surface area contributed by atoms with Crippen molar-refractivity contribution >= 4 is 17.9 Å². The summed E-state index contributed by atoms with van der Waals surface area (Å²) in [5.74, 6) is -0.0321. The van der Waals surface area contributed by atoms with Gasteiger partial charge in [0.25, 0.3) is 0 Å². The molecule has 0 aliphatic carbocycles. The highest BCUT2D eigenvalue weighted by atomic mass is 16.6. The van der Waals surface area contributed by atoms with Gasteiger partial charge >= 0.3 is 17.9 Å². The van der Waals surface area contributed by atoms with Crippen LogP contribution < -0.4 is 0 Å². The molecule has 0 aliphatic rings. The van der Waals surface area contributed by atoms with Gasteiger partial charge in [0.05, 0.1) is 0 Å². The molecule has 0 spiro atoms. The van der Waals surface area contributed by atoms with E-state index in [0.717, 1.165) is 63.7 Å². The molecule has 0 N–H and O–H groups in total. The fourth-order valence-electron chi connectivity index (χ4n) is 8.57. The lowest BCUT2D eigenvalue weighted by molar-refractivity contribution is -0.167. The third kappa shape index (κ3) is 49.4. The monoisotopic (exact) mass is 877 g/mol. The van der Waals surface area contributed by atoms with Crippen LogP contribution in [0.3, 0.4) is 0 Å². The molecule has 0 radical (unpaired) electrons. The average molecular weight is 877 g/mol. The van der Waals surface area contributed by atoms with Crippen LogP contribution >= 0.6 is 0 Å². The van der Waals surface area contributed by atoms with Crippen LogP contribution in [0.4, 0.5) is 0 Å². The first-order valence-corrected chi connectivity index (χ1v) is 27.9. The first-order valence-electron chi connectivity index (χ1n) is 27.9. The van der Waals surface area contributed by atoms with Gasteiger partial charge in [-0.05, 0) is 25.2 Å². The summed E-state index contributed by atoms with van der Waals surface area (Å²) in [6.07, 6.45) is 53.8. The maximum atomic E-state index is 12.8. The van der Waals surface area contributed by atoms with E-state index in [2.05, 4.69) is 27.7 Å². The molecule has 0 unspecified atom stereocenters. The summed E-state index contributed by atoms with van der Waals surface area (Å²) in [6, 6.07) is 0. The van der Waals surface area contributed by atoms with Crippen LogP contribution in [-0.2, 0) is 28.6 Å². The van der Waals surface area contributed by atoms with Crippen molar-refractivity contribution in [3.8, 4) is 0 Å². The third-order valence-electron chi connectivity index (χ3n) is 12.8. The van der Waals surface area contributed by atoms with E-state index in [1.807, 2.05) is 0 Å². The molecule has 0 saturated carbocycles. The molecule has 0 heterocycles. The number of carbonyl (C=O) groups excluding carboxylic acids is 3. The standard InChI is InChI=1S/C56H108O6/c1-5-7-9-11-13-15-17-19-20-21-22-23-24-26-27-31-35-39-43-47-54(57)60-50-53(51-61-55(58)48-44-40-36-33-29-30-34-38-42-46-52(3)4)62-56(59)49-45-41-37-32-28-25-18-16-14-12-10-8-6-2/h52-53H,5-51H2,1-4H3/t53-/m1/s1. The number of ether oxygens (including phenoxy) is 3. The highest BCUT2D eigenvalue weighted by Crippen LogP contribution is 2.18. The molecule has 0 bridgehead atoms. The Hall–Kier alpha value is -1.59. The van der Waals surface area contributed by atoms with E-state index >= 15 is 0 Å². The van der Waals surface area contributed by atoms with Crippen molar-refractivity contribution in [2.45, 2.75) is 323 Å². The molecule has 0 aliphatic heterocycles. The maximum absolute atomic E-state index is 12.8. The van der Waals surface area contributed by atoms with E-state index in [0.29, 0.717) is 19.3 Å². The van der Waals surface area contributed by atoms with Gasteiger partial charge in [-0.3, -0.25) is 14.4 Å². The first kappa shape index (κ1) is 60.4. The van der Waals surface area contributed by atoms with Gasteiger partial charge in [-0.15, -0.1) is 0 Å². The van der Waals surface area contributed by atoms with Gasteiger partial charge in [0.15, 0.2) is 6.10 Å². The van der Waals surface area contributed by atoms with Crippen LogP contribution in [0.15, 0.2) is 0 Å². The Balaban J connectivity index is 4.25. The molecular formula is C56H108O6. The van der Waals surface area contributed by atoms with Crippen LogP contribution in [0.25, 0.3) is 0 Å². The van der Waals surface area contributed by atoms with E-state index in [9.17, 15) is 14.4 Å². The zero-order chi connectivity index (χ0) is 45.2. The van der Waals surface area contributed by atoms with Gasteiger partial charge in [-0.2, -0.15) is 0 Å². The lowest BCUT2D eigenvalue weighted by Gasteiger charge is -2.18. The minimum atomic E-state index is -0.761. The Labute approximate surface area is 387 Å². The highest BCUT2D eigenvalue weighted by Gasteiger charge is 2.19. The predicted octanol–water partition coefficient (Wildman–Crippen LogP) is 18.2. The second-order valence-corrected chi connectivity index (χ2v) is 19.7. The Kier molecular flexibility index (Phi) is 49.1. The third-order valence-corrected chi connectivity index (χ3v) is 12.8. The van der Waals surface area contributed by atoms with Crippen LogP contribution in [0.1, 0.15) is 317 Å². The van der Waals surface area contributed by atoms with E-state index in [4.69, 9.17) is 14.2 Å². The van der Waals surface area contributed by atoms with Gasteiger partial charge in [0.1, 0.15) is 13.2 Å². The Morgan fingerprint density at radius 1 is 0.306 bits per heavy atom. The molecule has 6 heteroatoms. The summed E-state index contributed by atoms with van der Waals surface area (Å²) in [5.41, 5.74) is 0. The second-order valence-electron chi connectivity index (χ2n) is 19.7. The molecule has 6 nitrogen and oxygen atoms in total. The predicted molar refractivity (Wildman–Crippen MR) is 266 cm³/mol. The van der Waals surface area contributed by atoms with Crippen molar-refractivity contribution in [1.82, 2.24) is 0 Å². The lowest BCUT2D eigenvalue weighted by Crippen LogP contribution is -2.30. The summed E-state index contributed by atoms with van der Waals surface area (Å²) in [6.45, 7) is 9.02. The van der Waals surface area contributed by atoms with Crippen molar-refractivity contribution in [3.05, 3.63) is 0 Å². The number of esters is 3. The van der Waals surface area contributed by atoms with E-state index in [1.54, 1.807) is 0 Å². The number of hydrogen-bond donors (Lipinski definition) is 0. The zero-order valence-electron chi connectivity index (χ0n) is 42.3. The lowest BCUT2D eigenvalue weighted by atomic mass is 10.0. The van der Waals surface area contributed by atoms with Crippen LogP contribution in [0.5, 0.6) is 0 Å².